The fourth-order valence-corrected chi connectivity index (χ4v) is 3.19. The van der Waals surface area contributed by atoms with Gasteiger partial charge in [-0.2, -0.15) is 12.7 Å². The monoisotopic (exact) mass is 337 g/mol. The van der Waals surface area contributed by atoms with Gasteiger partial charge in [0.2, 0.25) is 0 Å². The highest BCUT2D eigenvalue weighted by molar-refractivity contribution is 7.87. The lowest BCUT2D eigenvalue weighted by molar-refractivity contribution is 0.313. The Bertz CT molecular complexity index is 742. The SMILES string of the molecule is CC(C)N(C)S(=O)(=O)NCCCOc1cccc2cccnc12. The van der Waals surface area contributed by atoms with Gasteiger partial charge >= 0.3 is 0 Å². The van der Waals surface area contributed by atoms with E-state index in [-0.39, 0.29) is 6.04 Å². The molecule has 2 rings (SSSR count). The molecule has 23 heavy (non-hydrogen) atoms. The summed E-state index contributed by atoms with van der Waals surface area (Å²) in [6, 6.07) is 9.54. The molecule has 0 saturated carbocycles. The number of para-hydroxylation sites is 1. The molecule has 0 unspecified atom stereocenters. The molecule has 0 amide bonds. The third-order valence-corrected chi connectivity index (χ3v) is 5.31. The highest BCUT2D eigenvalue weighted by Gasteiger charge is 2.19. The van der Waals surface area contributed by atoms with E-state index in [4.69, 9.17) is 4.74 Å². The zero-order valence-corrected chi connectivity index (χ0v) is 14.5. The number of aromatic nitrogens is 1. The molecule has 7 heteroatoms. The zero-order valence-electron chi connectivity index (χ0n) is 13.7. The van der Waals surface area contributed by atoms with Crippen molar-refractivity contribution < 1.29 is 13.2 Å². The van der Waals surface area contributed by atoms with E-state index in [0.717, 1.165) is 10.9 Å². The summed E-state index contributed by atoms with van der Waals surface area (Å²) >= 11 is 0. The highest BCUT2D eigenvalue weighted by Crippen LogP contribution is 2.22. The average molecular weight is 337 g/mol. The molecule has 0 aliphatic carbocycles. The van der Waals surface area contributed by atoms with Gasteiger partial charge in [0.05, 0.1) is 6.61 Å². The maximum Gasteiger partial charge on any atom is 0.279 e. The van der Waals surface area contributed by atoms with Crippen molar-refractivity contribution in [3.63, 3.8) is 0 Å². The number of benzene rings is 1. The number of hydrogen-bond acceptors (Lipinski definition) is 4. The van der Waals surface area contributed by atoms with E-state index in [9.17, 15) is 8.42 Å². The normalized spacial score (nSPS) is 12.2. The lowest BCUT2D eigenvalue weighted by Crippen LogP contribution is -2.42. The molecule has 0 saturated heterocycles. The minimum absolute atomic E-state index is 0.0782. The standard InChI is InChI=1S/C16H23N3O3S/c1-13(2)19(3)23(20,21)18-11-6-12-22-15-9-4-7-14-8-5-10-17-16(14)15/h4-5,7-10,13,18H,6,11-12H2,1-3H3. The molecule has 1 aromatic carbocycles. The first kappa shape index (κ1) is 17.7. The fraction of sp³-hybridized carbons (Fsp3) is 0.438. The average Bonchev–Trinajstić information content (AvgIpc) is 2.53. The Labute approximate surface area is 137 Å². The molecule has 1 N–H and O–H groups in total. The van der Waals surface area contributed by atoms with Crippen molar-refractivity contribution in [1.29, 1.82) is 0 Å². The Kier molecular flexibility index (Phi) is 5.92. The van der Waals surface area contributed by atoms with Crippen molar-refractivity contribution in [3.8, 4) is 5.75 Å². The maximum atomic E-state index is 11.9. The molecule has 1 aromatic heterocycles. The summed E-state index contributed by atoms with van der Waals surface area (Å²) in [5.74, 6) is 0.713. The van der Waals surface area contributed by atoms with Crippen LogP contribution in [0.5, 0.6) is 5.75 Å². The number of rotatable bonds is 8. The summed E-state index contributed by atoms with van der Waals surface area (Å²) in [6.07, 6.45) is 2.31. The highest BCUT2D eigenvalue weighted by atomic mass is 32.2. The van der Waals surface area contributed by atoms with E-state index in [1.807, 2.05) is 44.2 Å². The van der Waals surface area contributed by atoms with Crippen LogP contribution in [0, 0.1) is 0 Å². The summed E-state index contributed by atoms with van der Waals surface area (Å²) in [6.45, 7) is 4.41. The zero-order chi connectivity index (χ0) is 16.9. The van der Waals surface area contributed by atoms with Gasteiger partial charge in [0.15, 0.2) is 0 Å². The van der Waals surface area contributed by atoms with Gasteiger partial charge in [-0.15, -0.1) is 0 Å². The minimum Gasteiger partial charge on any atom is -0.491 e. The molecule has 126 valence electrons. The van der Waals surface area contributed by atoms with Crippen LogP contribution in [0.15, 0.2) is 36.5 Å². The third-order valence-electron chi connectivity index (χ3n) is 3.57. The summed E-state index contributed by atoms with van der Waals surface area (Å²) < 4.78 is 33.5. The number of hydrogen-bond donors (Lipinski definition) is 1. The van der Waals surface area contributed by atoms with E-state index >= 15 is 0 Å². The second kappa shape index (κ2) is 7.72. The lowest BCUT2D eigenvalue weighted by atomic mass is 10.2. The van der Waals surface area contributed by atoms with Gasteiger partial charge in [0.1, 0.15) is 11.3 Å². The third kappa shape index (κ3) is 4.63. The quantitative estimate of drug-likeness (QED) is 0.750. The number of pyridine rings is 1. The van der Waals surface area contributed by atoms with Crippen molar-refractivity contribution in [1.82, 2.24) is 14.0 Å². The van der Waals surface area contributed by atoms with Crippen molar-refractivity contribution in [2.75, 3.05) is 20.2 Å². The first-order valence-corrected chi connectivity index (χ1v) is 9.05. The van der Waals surface area contributed by atoms with Crippen molar-refractivity contribution >= 4 is 21.1 Å². The van der Waals surface area contributed by atoms with Crippen molar-refractivity contribution in [2.24, 2.45) is 0 Å². The molecule has 0 spiro atoms. The number of nitrogens with one attached hydrogen (secondary N) is 1. The van der Waals surface area contributed by atoms with E-state index in [2.05, 4.69) is 9.71 Å². The number of ether oxygens (including phenoxy) is 1. The Morgan fingerprint density at radius 2 is 2.00 bits per heavy atom. The van der Waals surface area contributed by atoms with Crippen molar-refractivity contribution in [3.05, 3.63) is 36.5 Å². The second-order valence-corrected chi connectivity index (χ2v) is 7.36. The molecule has 0 aliphatic rings. The first-order chi connectivity index (χ1) is 10.9. The predicted octanol–water partition coefficient (Wildman–Crippen LogP) is 2.18. The van der Waals surface area contributed by atoms with Crippen molar-refractivity contribution in [2.45, 2.75) is 26.3 Å². The molecule has 0 fully saturated rings. The molecule has 0 bridgehead atoms. The first-order valence-electron chi connectivity index (χ1n) is 7.61. The van der Waals surface area contributed by atoms with Crippen LogP contribution in [0.3, 0.4) is 0 Å². The van der Waals surface area contributed by atoms with Gasteiger partial charge in [0.25, 0.3) is 10.2 Å². The van der Waals surface area contributed by atoms with Crippen LogP contribution in [0.1, 0.15) is 20.3 Å². The van der Waals surface area contributed by atoms with Gasteiger partial charge in [-0.25, -0.2) is 4.72 Å². The van der Waals surface area contributed by atoms with Gasteiger partial charge in [0, 0.05) is 31.2 Å². The van der Waals surface area contributed by atoms with E-state index in [1.165, 1.54) is 4.31 Å². The van der Waals surface area contributed by atoms with Crippen LogP contribution in [0.25, 0.3) is 10.9 Å². The van der Waals surface area contributed by atoms with Crippen LogP contribution in [0.4, 0.5) is 0 Å². The predicted molar refractivity (Wildman–Crippen MR) is 91.7 cm³/mol. The van der Waals surface area contributed by atoms with Crippen LogP contribution in [-0.2, 0) is 10.2 Å². The molecule has 0 aliphatic heterocycles. The molecule has 2 aromatic rings. The molecule has 1 heterocycles. The van der Waals surface area contributed by atoms with Crippen LogP contribution < -0.4 is 9.46 Å². The Balaban J connectivity index is 1.84. The second-order valence-electron chi connectivity index (χ2n) is 5.54. The topological polar surface area (TPSA) is 71.5 Å². The number of nitrogens with zero attached hydrogens (tertiary/aromatic N) is 2. The van der Waals surface area contributed by atoms with Gasteiger partial charge in [-0.3, -0.25) is 4.98 Å². The Morgan fingerprint density at radius 3 is 2.74 bits per heavy atom. The van der Waals surface area contributed by atoms with E-state index in [1.54, 1.807) is 13.2 Å². The smallest absolute Gasteiger partial charge is 0.279 e. The van der Waals surface area contributed by atoms with E-state index < -0.39 is 10.2 Å². The summed E-state index contributed by atoms with van der Waals surface area (Å²) in [5, 5.41) is 1.02. The molecule has 0 atom stereocenters. The summed E-state index contributed by atoms with van der Waals surface area (Å²) in [5.41, 5.74) is 0.815. The minimum atomic E-state index is -3.42. The van der Waals surface area contributed by atoms with E-state index in [0.29, 0.717) is 25.3 Å². The van der Waals surface area contributed by atoms with Crippen LogP contribution in [0.2, 0.25) is 0 Å². The van der Waals surface area contributed by atoms with Crippen LogP contribution >= 0.6 is 0 Å². The molecule has 6 nitrogen and oxygen atoms in total. The van der Waals surface area contributed by atoms with Gasteiger partial charge in [-0.05, 0) is 32.4 Å². The molecule has 0 radical (unpaired) electrons. The largest absolute Gasteiger partial charge is 0.491 e. The summed E-state index contributed by atoms with van der Waals surface area (Å²) in [4.78, 5) is 4.32. The number of fused-ring (bicyclic) bond motifs is 1. The van der Waals surface area contributed by atoms with Gasteiger partial charge < -0.3 is 4.74 Å². The van der Waals surface area contributed by atoms with Crippen LogP contribution in [-0.4, -0.2) is 43.9 Å². The van der Waals surface area contributed by atoms with Gasteiger partial charge in [-0.1, -0.05) is 18.2 Å². The Morgan fingerprint density at radius 1 is 1.26 bits per heavy atom. The molecular weight excluding hydrogens is 314 g/mol. The summed E-state index contributed by atoms with van der Waals surface area (Å²) in [7, 11) is -1.86. The fourth-order valence-electron chi connectivity index (χ4n) is 2.03. The maximum absolute atomic E-state index is 11.9. The lowest BCUT2D eigenvalue weighted by Gasteiger charge is -2.21. The molecular formula is C16H23N3O3S. The Hall–Kier alpha value is -1.70.